The van der Waals surface area contributed by atoms with Gasteiger partial charge in [-0.1, -0.05) is 6.07 Å². The van der Waals surface area contributed by atoms with Crippen LogP contribution in [-0.4, -0.2) is 37.3 Å². The highest BCUT2D eigenvalue weighted by Gasteiger charge is 2.24. The molecule has 0 amide bonds. The van der Waals surface area contributed by atoms with E-state index in [4.69, 9.17) is 13.9 Å². The molecule has 0 aliphatic carbocycles. The minimum Gasteiger partial charge on any atom is -0.507 e. The van der Waals surface area contributed by atoms with Crippen LogP contribution < -0.4 is 15.1 Å². The second-order valence-electron chi connectivity index (χ2n) is 5.91. The number of aromatic hydroxyl groups is 1. The molecule has 2 heterocycles. The first-order valence-corrected chi connectivity index (χ1v) is 9.29. The lowest BCUT2D eigenvalue weighted by Gasteiger charge is -2.17. The molecule has 0 bridgehead atoms. The summed E-state index contributed by atoms with van der Waals surface area (Å²) in [6, 6.07) is 7.24. The lowest BCUT2D eigenvalue weighted by molar-refractivity contribution is 0.354. The normalized spacial score (nSPS) is 17.3. The maximum Gasteiger partial charge on any atom is 0.348 e. The zero-order valence-corrected chi connectivity index (χ0v) is 15.8. The van der Waals surface area contributed by atoms with Crippen molar-refractivity contribution in [2.45, 2.75) is 18.6 Å². The van der Waals surface area contributed by atoms with E-state index in [0.717, 1.165) is 11.3 Å². The number of aryl methyl sites for hydroxylation is 1. The molecule has 1 aromatic carbocycles. The molecule has 0 saturated carbocycles. The number of hydrogen-bond donors (Lipinski definition) is 1. The first-order valence-electron chi connectivity index (χ1n) is 8.24. The molecular formula is C19H21NO5S. The molecule has 1 aromatic heterocycles. The van der Waals surface area contributed by atoms with E-state index in [1.807, 2.05) is 18.2 Å². The quantitative estimate of drug-likeness (QED) is 0.883. The number of nitrogens with zero attached hydrogens (tertiary/aromatic N) is 1. The van der Waals surface area contributed by atoms with E-state index < -0.39 is 5.63 Å². The molecule has 1 atom stereocenters. The van der Waals surface area contributed by atoms with Gasteiger partial charge in [0.1, 0.15) is 17.1 Å². The van der Waals surface area contributed by atoms with Gasteiger partial charge in [0.05, 0.1) is 19.9 Å². The van der Waals surface area contributed by atoms with Gasteiger partial charge in [-0.15, -0.1) is 0 Å². The van der Waals surface area contributed by atoms with Crippen LogP contribution in [0.15, 0.2) is 38.5 Å². The standard InChI is InChI=1S/C19H21NO5S/c1-11-8-14(21)18(19(22)25-11)13-10-17(26-7-6-20-13)12-4-5-15(23-2)16(9-12)24-3/h4-5,8-9,17,21H,6-7,10H2,1-3H3/t17-/m0/s1. The van der Waals surface area contributed by atoms with E-state index in [0.29, 0.717) is 35.9 Å². The highest BCUT2D eigenvalue weighted by molar-refractivity contribution is 7.99. The summed E-state index contributed by atoms with van der Waals surface area (Å²) < 4.78 is 15.8. The summed E-state index contributed by atoms with van der Waals surface area (Å²) in [5.74, 6) is 2.43. The third-order valence-corrected chi connectivity index (χ3v) is 5.47. The summed E-state index contributed by atoms with van der Waals surface area (Å²) >= 11 is 1.76. The van der Waals surface area contributed by atoms with Crippen molar-refractivity contribution in [2.24, 2.45) is 4.99 Å². The number of methoxy groups -OCH3 is 2. The van der Waals surface area contributed by atoms with Crippen molar-refractivity contribution >= 4 is 17.5 Å². The van der Waals surface area contributed by atoms with Crippen molar-refractivity contribution in [3.8, 4) is 17.2 Å². The van der Waals surface area contributed by atoms with Gasteiger partial charge in [-0.2, -0.15) is 11.8 Å². The molecule has 138 valence electrons. The van der Waals surface area contributed by atoms with Gasteiger partial charge in [0, 0.05) is 30.0 Å². The minimum absolute atomic E-state index is 0.0798. The second kappa shape index (κ2) is 7.86. The molecule has 0 fully saturated rings. The summed E-state index contributed by atoms with van der Waals surface area (Å²) in [7, 11) is 3.20. The number of hydrogen-bond acceptors (Lipinski definition) is 7. The zero-order chi connectivity index (χ0) is 18.7. The molecule has 26 heavy (non-hydrogen) atoms. The van der Waals surface area contributed by atoms with Crippen LogP contribution in [-0.2, 0) is 0 Å². The molecule has 0 saturated heterocycles. The Kier molecular flexibility index (Phi) is 5.56. The van der Waals surface area contributed by atoms with Crippen LogP contribution in [0.3, 0.4) is 0 Å². The van der Waals surface area contributed by atoms with Crippen LogP contribution in [0.4, 0.5) is 0 Å². The SMILES string of the molecule is COc1ccc([C@@H]2CC(c3c(O)cc(C)oc3=O)=NCCS2)cc1OC. The van der Waals surface area contributed by atoms with Crippen LogP contribution in [0.25, 0.3) is 0 Å². The third-order valence-electron chi connectivity index (χ3n) is 4.21. The van der Waals surface area contributed by atoms with Crippen LogP contribution in [0, 0.1) is 6.92 Å². The van der Waals surface area contributed by atoms with E-state index in [-0.39, 0.29) is 16.6 Å². The molecule has 0 unspecified atom stereocenters. The van der Waals surface area contributed by atoms with Gasteiger partial charge in [0.25, 0.3) is 0 Å². The Morgan fingerprint density at radius 2 is 2.00 bits per heavy atom. The summed E-state index contributed by atoms with van der Waals surface area (Å²) in [4.78, 5) is 16.8. The van der Waals surface area contributed by atoms with Gasteiger partial charge >= 0.3 is 5.63 Å². The first kappa shape index (κ1) is 18.4. The maximum atomic E-state index is 12.2. The Morgan fingerprint density at radius 3 is 2.69 bits per heavy atom. The average molecular weight is 375 g/mol. The van der Waals surface area contributed by atoms with Gasteiger partial charge in [-0.25, -0.2) is 4.79 Å². The smallest absolute Gasteiger partial charge is 0.348 e. The Labute approximate surface area is 155 Å². The fraction of sp³-hybridized carbons (Fsp3) is 0.368. The van der Waals surface area contributed by atoms with Crippen LogP contribution in [0.1, 0.15) is 28.6 Å². The fourth-order valence-corrected chi connectivity index (χ4v) is 4.08. The van der Waals surface area contributed by atoms with Crippen LogP contribution >= 0.6 is 11.8 Å². The average Bonchev–Trinajstić information content (AvgIpc) is 2.86. The molecule has 1 aliphatic rings. The molecular weight excluding hydrogens is 354 g/mol. The first-order chi connectivity index (χ1) is 12.5. The van der Waals surface area contributed by atoms with E-state index in [1.165, 1.54) is 6.07 Å². The lowest BCUT2D eigenvalue weighted by Crippen LogP contribution is -2.17. The van der Waals surface area contributed by atoms with E-state index in [2.05, 4.69) is 4.99 Å². The summed E-state index contributed by atoms with van der Waals surface area (Å²) in [6.45, 7) is 2.21. The summed E-state index contributed by atoms with van der Waals surface area (Å²) in [5.41, 5.74) is 1.22. The largest absolute Gasteiger partial charge is 0.507 e. The van der Waals surface area contributed by atoms with Crippen molar-refractivity contribution in [3.63, 3.8) is 0 Å². The van der Waals surface area contributed by atoms with Gasteiger partial charge in [-0.05, 0) is 24.6 Å². The lowest BCUT2D eigenvalue weighted by atomic mass is 10.0. The number of ether oxygens (including phenoxy) is 2. The molecule has 2 aromatic rings. The highest BCUT2D eigenvalue weighted by Crippen LogP contribution is 2.39. The highest BCUT2D eigenvalue weighted by atomic mass is 32.2. The molecule has 0 spiro atoms. The predicted octanol–water partition coefficient (Wildman–Crippen LogP) is 3.34. The summed E-state index contributed by atoms with van der Waals surface area (Å²) in [5, 5.41) is 10.3. The minimum atomic E-state index is -0.556. The Bertz CT molecular complexity index is 890. The topological polar surface area (TPSA) is 81.3 Å². The monoisotopic (exact) mass is 375 g/mol. The predicted molar refractivity (Wildman–Crippen MR) is 102 cm³/mol. The number of benzene rings is 1. The van der Waals surface area contributed by atoms with E-state index in [1.54, 1.807) is 32.9 Å². The van der Waals surface area contributed by atoms with Crippen molar-refractivity contribution < 1.29 is 19.0 Å². The summed E-state index contributed by atoms with van der Waals surface area (Å²) in [6.07, 6.45) is 0.515. The van der Waals surface area contributed by atoms with Crippen molar-refractivity contribution in [1.29, 1.82) is 0 Å². The third kappa shape index (κ3) is 3.72. The molecule has 1 N–H and O–H groups in total. The van der Waals surface area contributed by atoms with Gasteiger partial charge in [-0.3, -0.25) is 4.99 Å². The second-order valence-corrected chi connectivity index (χ2v) is 7.22. The van der Waals surface area contributed by atoms with E-state index in [9.17, 15) is 9.90 Å². The van der Waals surface area contributed by atoms with Crippen LogP contribution in [0.5, 0.6) is 17.2 Å². The Morgan fingerprint density at radius 1 is 1.23 bits per heavy atom. The van der Waals surface area contributed by atoms with Gasteiger partial charge < -0.3 is 19.0 Å². The molecule has 3 rings (SSSR count). The Hall–Kier alpha value is -2.41. The Balaban J connectivity index is 1.95. The van der Waals surface area contributed by atoms with Gasteiger partial charge in [0.15, 0.2) is 11.5 Å². The van der Waals surface area contributed by atoms with Crippen molar-refractivity contribution in [1.82, 2.24) is 0 Å². The zero-order valence-electron chi connectivity index (χ0n) is 14.9. The molecule has 6 nitrogen and oxygen atoms in total. The van der Waals surface area contributed by atoms with Crippen LogP contribution in [0.2, 0.25) is 0 Å². The fourth-order valence-electron chi connectivity index (χ4n) is 2.98. The molecule has 1 aliphatic heterocycles. The van der Waals surface area contributed by atoms with Crippen molar-refractivity contribution in [3.05, 3.63) is 51.6 Å². The molecule has 0 radical (unpaired) electrons. The maximum absolute atomic E-state index is 12.2. The number of rotatable bonds is 4. The molecule has 7 heteroatoms. The number of aliphatic imine (C=N–C) groups is 1. The van der Waals surface area contributed by atoms with Gasteiger partial charge in [0.2, 0.25) is 0 Å². The number of thioether (sulfide) groups is 1. The van der Waals surface area contributed by atoms with E-state index >= 15 is 0 Å². The van der Waals surface area contributed by atoms with Crippen molar-refractivity contribution in [2.75, 3.05) is 26.5 Å².